The lowest BCUT2D eigenvalue weighted by molar-refractivity contribution is 0.354. The van der Waals surface area contributed by atoms with Crippen molar-refractivity contribution in [3.05, 3.63) is 94.1 Å². The van der Waals surface area contributed by atoms with Gasteiger partial charge in [-0.25, -0.2) is 4.99 Å². The van der Waals surface area contributed by atoms with Gasteiger partial charge < -0.3 is 18.5 Å². The minimum absolute atomic E-state index is 0.729. The molecule has 0 saturated heterocycles. The van der Waals surface area contributed by atoms with E-state index in [1.165, 1.54) is 5.56 Å². The number of nitrogens with zero attached hydrogens (tertiary/aromatic N) is 2. The molecule has 0 radical (unpaired) electrons. The molecular formula is C28H26N2O3S. The Morgan fingerprint density at radius 1 is 0.912 bits per heavy atom. The lowest BCUT2D eigenvalue weighted by atomic mass is 10.1. The fourth-order valence-corrected chi connectivity index (χ4v) is 4.88. The highest BCUT2D eigenvalue weighted by atomic mass is 32.1. The highest BCUT2D eigenvalue weighted by Crippen LogP contribution is 2.30. The van der Waals surface area contributed by atoms with E-state index in [1.54, 1.807) is 25.6 Å². The van der Waals surface area contributed by atoms with Crippen molar-refractivity contribution in [2.45, 2.75) is 19.9 Å². The van der Waals surface area contributed by atoms with Crippen LogP contribution in [-0.4, -0.2) is 18.8 Å². The maximum Gasteiger partial charge on any atom is 0.190 e. The summed E-state index contributed by atoms with van der Waals surface area (Å²) in [7, 11) is 3.31. The summed E-state index contributed by atoms with van der Waals surface area (Å²) in [6.07, 6.45) is 0.811. The number of ether oxygens (including phenoxy) is 2. The van der Waals surface area contributed by atoms with Crippen LogP contribution >= 0.6 is 11.3 Å². The van der Waals surface area contributed by atoms with Crippen LogP contribution in [0.25, 0.3) is 22.4 Å². The summed E-state index contributed by atoms with van der Waals surface area (Å²) in [5.41, 5.74) is 5.21. The maximum absolute atomic E-state index is 6.20. The minimum Gasteiger partial charge on any atom is -0.493 e. The van der Waals surface area contributed by atoms with Crippen molar-refractivity contribution < 1.29 is 13.9 Å². The lowest BCUT2D eigenvalue weighted by Gasteiger charge is -2.11. The smallest absolute Gasteiger partial charge is 0.190 e. The third-order valence-corrected chi connectivity index (χ3v) is 6.67. The quantitative estimate of drug-likeness (QED) is 0.264. The summed E-state index contributed by atoms with van der Waals surface area (Å²) in [5, 5.41) is 3.21. The van der Waals surface area contributed by atoms with E-state index in [-0.39, 0.29) is 0 Å². The number of benzene rings is 3. The van der Waals surface area contributed by atoms with Crippen LogP contribution in [-0.2, 0) is 13.0 Å². The highest BCUT2D eigenvalue weighted by Gasteiger charge is 2.14. The van der Waals surface area contributed by atoms with Gasteiger partial charge in [0.25, 0.3) is 0 Å². The molecule has 0 amide bonds. The molecule has 3 aromatic carbocycles. The lowest BCUT2D eigenvalue weighted by Crippen LogP contribution is -2.17. The summed E-state index contributed by atoms with van der Waals surface area (Å²) < 4.78 is 19.3. The first-order chi connectivity index (χ1) is 16.6. The van der Waals surface area contributed by atoms with Gasteiger partial charge in [0.1, 0.15) is 5.58 Å². The zero-order valence-corrected chi connectivity index (χ0v) is 20.3. The second kappa shape index (κ2) is 9.61. The number of aryl methyl sites for hydroxylation is 2. The van der Waals surface area contributed by atoms with Crippen molar-refractivity contribution in [2.75, 3.05) is 14.2 Å². The number of para-hydroxylation sites is 1. The molecule has 0 unspecified atom stereocenters. The van der Waals surface area contributed by atoms with Crippen LogP contribution in [0, 0.1) is 6.92 Å². The van der Waals surface area contributed by atoms with E-state index in [9.17, 15) is 0 Å². The van der Waals surface area contributed by atoms with Gasteiger partial charge in [-0.2, -0.15) is 0 Å². The van der Waals surface area contributed by atoms with Gasteiger partial charge in [-0.05, 0) is 55.3 Å². The molecule has 172 valence electrons. The third kappa shape index (κ3) is 4.50. The molecule has 0 aliphatic rings. The molecule has 2 heterocycles. The van der Waals surface area contributed by atoms with Gasteiger partial charge in [-0.3, -0.25) is 0 Å². The molecule has 5 nitrogen and oxygen atoms in total. The van der Waals surface area contributed by atoms with Gasteiger partial charge in [-0.15, -0.1) is 11.3 Å². The molecule has 2 aromatic heterocycles. The molecule has 0 fully saturated rings. The van der Waals surface area contributed by atoms with Crippen molar-refractivity contribution >= 4 is 28.0 Å². The maximum atomic E-state index is 6.20. The first kappa shape index (κ1) is 22.0. The molecule has 0 spiro atoms. The van der Waals surface area contributed by atoms with Gasteiger partial charge in [0.2, 0.25) is 0 Å². The summed E-state index contributed by atoms with van der Waals surface area (Å²) in [6, 6.07) is 24.5. The van der Waals surface area contributed by atoms with Crippen LogP contribution in [0.1, 0.15) is 11.1 Å². The molecule has 5 rings (SSSR count). The third-order valence-electron chi connectivity index (χ3n) is 5.81. The van der Waals surface area contributed by atoms with Crippen LogP contribution in [0.15, 0.2) is 87.6 Å². The second-order valence-electron chi connectivity index (χ2n) is 8.09. The van der Waals surface area contributed by atoms with Crippen molar-refractivity contribution in [2.24, 2.45) is 4.99 Å². The Hall–Kier alpha value is -3.77. The van der Waals surface area contributed by atoms with E-state index < -0.39 is 0 Å². The fourth-order valence-electron chi connectivity index (χ4n) is 3.95. The molecular weight excluding hydrogens is 444 g/mol. The molecule has 0 aliphatic carbocycles. The number of furan rings is 1. The van der Waals surface area contributed by atoms with Crippen LogP contribution in [0.2, 0.25) is 0 Å². The van der Waals surface area contributed by atoms with Gasteiger partial charge >= 0.3 is 0 Å². The topological polar surface area (TPSA) is 48.9 Å². The number of methoxy groups -OCH3 is 2. The van der Waals surface area contributed by atoms with E-state index in [4.69, 9.17) is 18.9 Å². The Kier molecular flexibility index (Phi) is 6.23. The number of hydrogen-bond acceptors (Lipinski definition) is 5. The van der Waals surface area contributed by atoms with E-state index in [2.05, 4.69) is 59.3 Å². The summed E-state index contributed by atoms with van der Waals surface area (Å²) >= 11 is 1.62. The van der Waals surface area contributed by atoms with Gasteiger partial charge in [0.05, 0.1) is 25.6 Å². The highest BCUT2D eigenvalue weighted by molar-refractivity contribution is 7.07. The van der Waals surface area contributed by atoms with Crippen molar-refractivity contribution in [1.82, 2.24) is 4.57 Å². The second-order valence-corrected chi connectivity index (χ2v) is 8.93. The normalized spacial score (nSPS) is 11.8. The Morgan fingerprint density at radius 2 is 1.71 bits per heavy atom. The van der Waals surface area contributed by atoms with Gasteiger partial charge in [0, 0.05) is 17.3 Å². The molecule has 0 N–H and O–H groups in total. The van der Waals surface area contributed by atoms with Crippen LogP contribution < -0.4 is 14.3 Å². The summed E-state index contributed by atoms with van der Waals surface area (Å²) in [4.78, 5) is 5.88. The molecule has 0 atom stereocenters. The van der Waals surface area contributed by atoms with Crippen molar-refractivity contribution in [1.29, 1.82) is 0 Å². The summed E-state index contributed by atoms with van der Waals surface area (Å²) in [6.45, 7) is 2.83. The zero-order valence-electron chi connectivity index (χ0n) is 19.4. The van der Waals surface area contributed by atoms with E-state index in [1.807, 2.05) is 30.3 Å². The number of hydrogen-bond donors (Lipinski definition) is 0. The molecule has 34 heavy (non-hydrogen) atoms. The molecule has 6 heteroatoms. The van der Waals surface area contributed by atoms with E-state index in [0.29, 0.717) is 0 Å². The largest absolute Gasteiger partial charge is 0.493 e. The predicted molar refractivity (Wildman–Crippen MR) is 137 cm³/mol. The molecule has 5 aromatic rings. The van der Waals surface area contributed by atoms with Crippen LogP contribution in [0.3, 0.4) is 0 Å². The number of rotatable bonds is 7. The molecule has 0 bridgehead atoms. The Bertz CT molecular complexity index is 1460. The van der Waals surface area contributed by atoms with Crippen LogP contribution in [0.5, 0.6) is 11.5 Å². The Labute approximate surface area is 202 Å². The Balaban J connectivity index is 1.55. The Morgan fingerprint density at radius 3 is 2.47 bits per heavy atom. The predicted octanol–water partition coefficient (Wildman–Crippen LogP) is 6.76. The average Bonchev–Trinajstić information content (AvgIpc) is 3.47. The average molecular weight is 471 g/mol. The van der Waals surface area contributed by atoms with E-state index >= 15 is 0 Å². The molecule has 0 saturated carbocycles. The first-order valence-electron chi connectivity index (χ1n) is 11.1. The number of thiazole rings is 1. The van der Waals surface area contributed by atoms with Crippen molar-refractivity contribution in [3.63, 3.8) is 0 Å². The summed E-state index contributed by atoms with van der Waals surface area (Å²) in [5.74, 6) is 2.31. The standard InChI is InChI=1S/C28H26N2O3S/c1-19-8-11-22(12-9-19)29-28-30(15-14-20-10-13-25(31-2)27(16-20)32-3)23(18-34-28)26-17-21-6-4-5-7-24(21)33-26/h4-13,16-18H,14-15H2,1-3H3. The number of fused-ring (bicyclic) bond motifs is 1. The molecule has 0 aliphatic heterocycles. The minimum atomic E-state index is 0.729. The zero-order chi connectivity index (χ0) is 23.5. The van der Waals surface area contributed by atoms with Crippen molar-refractivity contribution in [3.8, 4) is 23.0 Å². The van der Waals surface area contributed by atoms with E-state index in [0.717, 1.165) is 62.9 Å². The number of aromatic nitrogens is 1. The first-order valence-corrected chi connectivity index (χ1v) is 12.0. The van der Waals surface area contributed by atoms with Crippen LogP contribution in [0.4, 0.5) is 5.69 Å². The fraction of sp³-hybridized carbons (Fsp3) is 0.179. The monoisotopic (exact) mass is 470 g/mol. The van der Waals surface area contributed by atoms with Gasteiger partial charge in [-0.1, -0.05) is 42.0 Å². The SMILES string of the molecule is COc1ccc(CCn2c(-c3cc4ccccc4o3)csc2=Nc2ccc(C)cc2)cc1OC. The van der Waals surface area contributed by atoms with Gasteiger partial charge in [0.15, 0.2) is 22.1 Å².